The summed E-state index contributed by atoms with van der Waals surface area (Å²) in [6, 6.07) is 1.77. The molecule has 3 rings (SSSR count). The van der Waals surface area contributed by atoms with E-state index in [1.807, 2.05) is 4.57 Å². The Kier molecular flexibility index (Phi) is 3.69. The number of nitrogens with one attached hydrogen (secondary N) is 1. The van der Waals surface area contributed by atoms with Gasteiger partial charge in [0.1, 0.15) is 5.82 Å². The van der Waals surface area contributed by atoms with Crippen LogP contribution in [0.25, 0.3) is 0 Å². The highest BCUT2D eigenvalue weighted by Gasteiger charge is 2.19. The maximum absolute atomic E-state index is 12.2. The normalized spacial score (nSPS) is 24.2. The van der Waals surface area contributed by atoms with Gasteiger partial charge < -0.3 is 5.32 Å². The van der Waals surface area contributed by atoms with E-state index in [1.54, 1.807) is 6.07 Å². The fraction of sp³-hybridized carbons (Fsp3) is 0.733. The third-order valence-corrected chi connectivity index (χ3v) is 4.45. The van der Waals surface area contributed by atoms with E-state index in [0.717, 1.165) is 50.4 Å². The lowest BCUT2D eigenvalue weighted by Gasteiger charge is -2.25. The van der Waals surface area contributed by atoms with Crippen LogP contribution < -0.4 is 10.9 Å². The Bertz CT molecular complexity index is 503. The van der Waals surface area contributed by atoms with Crippen LogP contribution in [0.5, 0.6) is 0 Å². The van der Waals surface area contributed by atoms with Crippen LogP contribution in [0.2, 0.25) is 0 Å². The average molecular weight is 261 g/mol. The van der Waals surface area contributed by atoms with E-state index in [9.17, 15) is 4.79 Å². The molecule has 1 saturated heterocycles. The summed E-state index contributed by atoms with van der Waals surface area (Å²) in [5.41, 5.74) is 1.16. The summed E-state index contributed by atoms with van der Waals surface area (Å²) in [7, 11) is 0. The maximum Gasteiger partial charge on any atom is 0.253 e. The van der Waals surface area contributed by atoms with Crippen molar-refractivity contribution in [2.45, 2.75) is 45.6 Å². The van der Waals surface area contributed by atoms with E-state index in [0.29, 0.717) is 11.8 Å². The molecule has 0 radical (unpaired) electrons. The monoisotopic (exact) mass is 261 g/mol. The number of aryl methyl sites for hydroxylation is 1. The van der Waals surface area contributed by atoms with E-state index < -0.39 is 0 Å². The third-order valence-electron chi connectivity index (χ3n) is 4.45. The zero-order valence-electron chi connectivity index (χ0n) is 11.7. The van der Waals surface area contributed by atoms with Crippen molar-refractivity contribution in [1.29, 1.82) is 0 Å². The van der Waals surface area contributed by atoms with Crippen molar-refractivity contribution in [3.63, 3.8) is 0 Å². The highest BCUT2D eigenvalue weighted by molar-refractivity contribution is 5.08. The van der Waals surface area contributed by atoms with E-state index in [2.05, 4.69) is 12.2 Å². The summed E-state index contributed by atoms with van der Waals surface area (Å²) in [5.74, 6) is 2.30. The van der Waals surface area contributed by atoms with Crippen LogP contribution in [-0.4, -0.2) is 22.6 Å². The molecule has 1 unspecified atom stereocenters. The molecular weight excluding hydrogens is 238 g/mol. The van der Waals surface area contributed by atoms with Gasteiger partial charge in [0.05, 0.1) is 0 Å². The predicted molar refractivity (Wildman–Crippen MR) is 75.3 cm³/mol. The smallest absolute Gasteiger partial charge is 0.253 e. The van der Waals surface area contributed by atoms with Gasteiger partial charge in [0.2, 0.25) is 0 Å². The van der Waals surface area contributed by atoms with Crippen molar-refractivity contribution in [3.05, 3.63) is 27.9 Å². The third kappa shape index (κ3) is 2.89. The molecular formula is C15H23N3O. The van der Waals surface area contributed by atoms with Crippen LogP contribution in [0.15, 0.2) is 10.9 Å². The summed E-state index contributed by atoms with van der Waals surface area (Å²) >= 11 is 0. The second-order valence-electron chi connectivity index (χ2n) is 6.15. The second kappa shape index (κ2) is 5.45. The standard InChI is InChI=1S/C15H23N3O/c1-11-2-3-14-17-13(9-15(19)18(14)10-11)8-12-4-6-16-7-5-12/h9,11-12,16H,2-8,10H2,1H3. The van der Waals surface area contributed by atoms with Crippen LogP contribution in [0.1, 0.15) is 37.7 Å². The van der Waals surface area contributed by atoms with Gasteiger partial charge >= 0.3 is 0 Å². The van der Waals surface area contributed by atoms with Crippen molar-refractivity contribution >= 4 is 0 Å². The van der Waals surface area contributed by atoms with Gasteiger partial charge in [-0.2, -0.15) is 0 Å². The van der Waals surface area contributed by atoms with Gasteiger partial charge in [-0.1, -0.05) is 6.92 Å². The number of fused-ring (bicyclic) bond motifs is 1. The number of aromatic nitrogens is 2. The molecule has 0 aliphatic carbocycles. The lowest BCUT2D eigenvalue weighted by atomic mass is 9.93. The van der Waals surface area contributed by atoms with Crippen LogP contribution >= 0.6 is 0 Å². The summed E-state index contributed by atoms with van der Waals surface area (Å²) in [4.78, 5) is 16.9. The Balaban J connectivity index is 1.79. The number of hydrogen-bond donors (Lipinski definition) is 1. The minimum atomic E-state index is 0.153. The van der Waals surface area contributed by atoms with E-state index in [4.69, 9.17) is 4.98 Å². The topological polar surface area (TPSA) is 46.9 Å². The molecule has 2 aliphatic heterocycles. The van der Waals surface area contributed by atoms with Crippen molar-refractivity contribution in [2.75, 3.05) is 13.1 Å². The first-order chi connectivity index (χ1) is 9.22. The number of rotatable bonds is 2. The molecule has 3 heterocycles. The predicted octanol–water partition coefficient (Wildman–Crippen LogP) is 1.37. The molecule has 0 aromatic carbocycles. The van der Waals surface area contributed by atoms with Crippen molar-refractivity contribution in [2.24, 2.45) is 11.8 Å². The number of hydrogen-bond acceptors (Lipinski definition) is 3. The van der Waals surface area contributed by atoms with Gasteiger partial charge in [0.15, 0.2) is 0 Å². The molecule has 1 aromatic heterocycles. The van der Waals surface area contributed by atoms with Gasteiger partial charge in [-0.3, -0.25) is 9.36 Å². The fourth-order valence-corrected chi connectivity index (χ4v) is 3.26. The lowest BCUT2D eigenvalue weighted by molar-refractivity contribution is 0.359. The first kappa shape index (κ1) is 12.9. The van der Waals surface area contributed by atoms with E-state index >= 15 is 0 Å². The Morgan fingerprint density at radius 2 is 2.16 bits per heavy atom. The Labute approximate surface area is 114 Å². The Hall–Kier alpha value is -1.16. The molecule has 19 heavy (non-hydrogen) atoms. The quantitative estimate of drug-likeness (QED) is 0.874. The molecule has 4 nitrogen and oxygen atoms in total. The second-order valence-corrected chi connectivity index (χ2v) is 6.15. The van der Waals surface area contributed by atoms with Crippen molar-refractivity contribution in [1.82, 2.24) is 14.9 Å². The van der Waals surface area contributed by atoms with Gasteiger partial charge in [-0.05, 0) is 50.6 Å². The zero-order valence-corrected chi connectivity index (χ0v) is 11.7. The first-order valence-electron chi connectivity index (χ1n) is 7.52. The highest BCUT2D eigenvalue weighted by Crippen LogP contribution is 2.19. The molecule has 1 N–H and O–H groups in total. The summed E-state index contributed by atoms with van der Waals surface area (Å²) in [6.45, 7) is 5.26. The molecule has 1 atom stereocenters. The van der Waals surface area contributed by atoms with Crippen molar-refractivity contribution < 1.29 is 0 Å². The van der Waals surface area contributed by atoms with Gasteiger partial charge in [-0.25, -0.2) is 4.98 Å². The van der Waals surface area contributed by atoms with Crippen molar-refractivity contribution in [3.8, 4) is 0 Å². The van der Waals surface area contributed by atoms with E-state index in [1.165, 1.54) is 12.8 Å². The summed E-state index contributed by atoms with van der Waals surface area (Å²) < 4.78 is 1.88. The Morgan fingerprint density at radius 3 is 2.95 bits per heavy atom. The summed E-state index contributed by atoms with van der Waals surface area (Å²) in [6.07, 6.45) is 5.49. The minimum absolute atomic E-state index is 0.153. The molecule has 4 heteroatoms. The lowest BCUT2D eigenvalue weighted by Crippen LogP contribution is -2.33. The molecule has 0 spiro atoms. The largest absolute Gasteiger partial charge is 0.317 e. The van der Waals surface area contributed by atoms with Crippen LogP contribution in [0.4, 0.5) is 0 Å². The number of nitrogens with zero attached hydrogens (tertiary/aromatic N) is 2. The minimum Gasteiger partial charge on any atom is -0.317 e. The molecule has 1 fully saturated rings. The molecule has 0 saturated carbocycles. The molecule has 1 aromatic rings. The summed E-state index contributed by atoms with van der Waals surface area (Å²) in [5, 5.41) is 3.38. The molecule has 0 amide bonds. The van der Waals surface area contributed by atoms with Gasteiger partial charge in [0, 0.05) is 24.7 Å². The van der Waals surface area contributed by atoms with Crippen LogP contribution in [-0.2, 0) is 19.4 Å². The fourth-order valence-electron chi connectivity index (χ4n) is 3.26. The molecule has 104 valence electrons. The maximum atomic E-state index is 12.2. The SMILES string of the molecule is CC1CCc2nc(CC3CCNCC3)cc(=O)n2C1. The van der Waals surface area contributed by atoms with Crippen LogP contribution in [0.3, 0.4) is 0 Å². The van der Waals surface area contributed by atoms with Gasteiger partial charge in [-0.15, -0.1) is 0 Å². The molecule has 0 bridgehead atoms. The van der Waals surface area contributed by atoms with Crippen LogP contribution in [0, 0.1) is 11.8 Å². The first-order valence-corrected chi connectivity index (χ1v) is 7.52. The van der Waals surface area contributed by atoms with Gasteiger partial charge in [0.25, 0.3) is 5.56 Å². The Morgan fingerprint density at radius 1 is 1.37 bits per heavy atom. The average Bonchev–Trinajstić information content (AvgIpc) is 2.41. The highest BCUT2D eigenvalue weighted by atomic mass is 16.1. The number of piperidine rings is 1. The van der Waals surface area contributed by atoms with E-state index in [-0.39, 0.29) is 5.56 Å². The zero-order chi connectivity index (χ0) is 13.2. The molecule has 2 aliphatic rings.